The van der Waals surface area contributed by atoms with Crippen LogP contribution < -0.4 is 0 Å². The molecule has 2 heterocycles. The molecule has 2 fully saturated rings. The second-order valence-electron chi connectivity index (χ2n) is 7.65. The molecular weight excluding hydrogens is 350 g/mol. The highest BCUT2D eigenvalue weighted by Gasteiger charge is 2.30. The van der Waals surface area contributed by atoms with E-state index in [-0.39, 0.29) is 11.5 Å². The van der Waals surface area contributed by atoms with Crippen molar-refractivity contribution in [1.82, 2.24) is 13.8 Å². The number of unbranched alkanes of at least 4 members (excludes halogenated alkanes) is 1. The Morgan fingerprint density at radius 2 is 1.81 bits per heavy atom. The number of carbonyl (C=O) groups is 1. The standard InChI is InChI=1S/C19H31N3O3S/c1-4-5-12-26(24,25)21-10-8-20(9-11-21)14-19(23)18-13-15(2)22(16(18)3)17-6-7-17/h13,17H,4-12,14H2,1-3H3. The van der Waals surface area contributed by atoms with Gasteiger partial charge in [-0.1, -0.05) is 13.3 Å². The van der Waals surface area contributed by atoms with E-state index >= 15 is 0 Å². The molecule has 1 aliphatic heterocycles. The van der Waals surface area contributed by atoms with Crippen molar-refractivity contribution < 1.29 is 13.2 Å². The fourth-order valence-corrected chi connectivity index (χ4v) is 5.50. The van der Waals surface area contributed by atoms with Crippen LogP contribution >= 0.6 is 0 Å². The SMILES string of the molecule is CCCCS(=O)(=O)N1CCN(CC(=O)c2cc(C)n(C3CC3)c2C)CC1. The van der Waals surface area contributed by atoms with Crippen LogP contribution in [0.5, 0.6) is 0 Å². The first-order chi connectivity index (χ1) is 12.3. The molecule has 0 spiro atoms. The van der Waals surface area contributed by atoms with Gasteiger partial charge < -0.3 is 4.57 Å². The lowest BCUT2D eigenvalue weighted by Crippen LogP contribution is -2.50. The molecule has 0 radical (unpaired) electrons. The number of nitrogens with zero attached hydrogens (tertiary/aromatic N) is 3. The molecule has 6 nitrogen and oxygen atoms in total. The lowest BCUT2D eigenvalue weighted by atomic mass is 10.1. The molecule has 1 saturated carbocycles. The minimum absolute atomic E-state index is 0.146. The van der Waals surface area contributed by atoms with Crippen LogP contribution in [0.4, 0.5) is 0 Å². The molecule has 1 saturated heterocycles. The number of piperazine rings is 1. The van der Waals surface area contributed by atoms with Gasteiger partial charge in [0.1, 0.15) is 0 Å². The molecule has 0 amide bonds. The first-order valence-corrected chi connectivity index (χ1v) is 11.4. The number of hydrogen-bond acceptors (Lipinski definition) is 4. The van der Waals surface area contributed by atoms with Crippen molar-refractivity contribution in [2.45, 2.75) is 52.5 Å². The van der Waals surface area contributed by atoms with E-state index in [4.69, 9.17) is 0 Å². The summed E-state index contributed by atoms with van der Waals surface area (Å²) in [4.78, 5) is 14.9. The molecule has 0 bridgehead atoms. The summed E-state index contributed by atoms with van der Waals surface area (Å²) in [6.07, 6.45) is 4.00. The number of carbonyl (C=O) groups excluding carboxylic acids is 1. The second-order valence-corrected chi connectivity index (χ2v) is 9.74. The summed E-state index contributed by atoms with van der Waals surface area (Å²) in [6.45, 7) is 8.70. The van der Waals surface area contributed by atoms with Crippen LogP contribution in [0, 0.1) is 13.8 Å². The number of sulfonamides is 1. The Bertz CT molecular complexity index is 757. The van der Waals surface area contributed by atoms with E-state index in [9.17, 15) is 13.2 Å². The van der Waals surface area contributed by atoms with Crippen LogP contribution in [0.2, 0.25) is 0 Å². The Kier molecular flexibility index (Phi) is 5.89. The lowest BCUT2D eigenvalue weighted by molar-refractivity contribution is 0.0901. The Balaban J connectivity index is 1.56. The molecule has 0 aromatic carbocycles. The molecular formula is C19H31N3O3S. The first-order valence-electron chi connectivity index (χ1n) is 9.75. The number of rotatable bonds is 8. The zero-order valence-corrected chi connectivity index (χ0v) is 17.0. The highest BCUT2D eigenvalue weighted by atomic mass is 32.2. The third-order valence-corrected chi connectivity index (χ3v) is 7.50. The fraction of sp³-hybridized carbons (Fsp3) is 0.737. The molecule has 26 heavy (non-hydrogen) atoms. The van der Waals surface area contributed by atoms with E-state index < -0.39 is 10.0 Å². The summed E-state index contributed by atoms with van der Waals surface area (Å²) < 4.78 is 28.5. The Morgan fingerprint density at radius 3 is 2.38 bits per heavy atom. The van der Waals surface area contributed by atoms with Crippen molar-refractivity contribution in [2.75, 3.05) is 38.5 Å². The molecule has 0 N–H and O–H groups in total. The molecule has 0 atom stereocenters. The van der Waals surface area contributed by atoms with E-state index in [0.717, 1.165) is 17.7 Å². The first kappa shape index (κ1) is 19.6. The molecule has 3 rings (SSSR count). The van der Waals surface area contributed by atoms with Gasteiger partial charge in [0, 0.05) is 49.2 Å². The van der Waals surface area contributed by atoms with Gasteiger partial charge in [0.2, 0.25) is 10.0 Å². The maximum Gasteiger partial charge on any atom is 0.214 e. The topological polar surface area (TPSA) is 62.6 Å². The van der Waals surface area contributed by atoms with Gasteiger partial charge in [0.25, 0.3) is 0 Å². The van der Waals surface area contributed by atoms with E-state index in [1.54, 1.807) is 4.31 Å². The number of aryl methyl sites for hydroxylation is 1. The van der Waals surface area contributed by atoms with Crippen molar-refractivity contribution in [3.05, 3.63) is 23.0 Å². The van der Waals surface area contributed by atoms with Crippen LogP contribution in [0.1, 0.15) is 60.4 Å². The van der Waals surface area contributed by atoms with Gasteiger partial charge in [0.15, 0.2) is 5.78 Å². The predicted octanol–water partition coefficient (Wildman–Crippen LogP) is 2.37. The molecule has 1 aliphatic carbocycles. The highest BCUT2D eigenvalue weighted by Crippen LogP contribution is 2.38. The monoisotopic (exact) mass is 381 g/mol. The van der Waals surface area contributed by atoms with Crippen molar-refractivity contribution in [3.8, 4) is 0 Å². The average molecular weight is 382 g/mol. The van der Waals surface area contributed by atoms with E-state index in [1.165, 1.54) is 18.5 Å². The van der Waals surface area contributed by atoms with Gasteiger partial charge in [-0.2, -0.15) is 4.31 Å². The summed E-state index contributed by atoms with van der Waals surface area (Å²) >= 11 is 0. The predicted molar refractivity (Wildman–Crippen MR) is 103 cm³/mol. The van der Waals surface area contributed by atoms with E-state index in [2.05, 4.69) is 16.4 Å². The second kappa shape index (κ2) is 7.82. The third-order valence-electron chi connectivity index (χ3n) is 5.54. The van der Waals surface area contributed by atoms with Gasteiger partial charge in [-0.15, -0.1) is 0 Å². The maximum absolute atomic E-state index is 12.8. The summed E-state index contributed by atoms with van der Waals surface area (Å²) in [6, 6.07) is 2.59. The minimum Gasteiger partial charge on any atom is -0.345 e. The fourth-order valence-electron chi connectivity index (χ4n) is 3.86. The van der Waals surface area contributed by atoms with Gasteiger partial charge in [-0.05, 0) is 39.2 Å². The molecule has 146 valence electrons. The largest absolute Gasteiger partial charge is 0.345 e. The average Bonchev–Trinajstić information content (AvgIpc) is 3.38. The van der Waals surface area contributed by atoms with Crippen molar-refractivity contribution in [1.29, 1.82) is 0 Å². The summed E-state index contributed by atoms with van der Waals surface area (Å²) in [5, 5.41) is 0. The van der Waals surface area contributed by atoms with Crippen molar-refractivity contribution in [3.63, 3.8) is 0 Å². The van der Waals surface area contributed by atoms with Gasteiger partial charge >= 0.3 is 0 Å². The Labute approximate surface area is 157 Å². The molecule has 0 unspecified atom stereocenters. The number of Topliss-reactive ketones (excluding diaryl/α,β-unsaturated/α-hetero) is 1. The quantitative estimate of drug-likeness (QED) is 0.649. The number of ketones is 1. The molecule has 7 heteroatoms. The molecule has 1 aromatic heterocycles. The smallest absolute Gasteiger partial charge is 0.214 e. The Hall–Kier alpha value is -1.18. The van der Waals surface area contributed by atoms with Crippen LogP contribution in [0.3, 0.4) is 0 Å². The normalized spacial score (nSPS) is 19.8. The van der Waals surface area contributed by atoms with Gasteiger partial charge in [-0.25, -0.2) is 8.42 Å². The zero-order chi connectivity index (χ0) is 18.9. The zero-order valence-electron chi connectivity index (χ0n) is 16.2. The Morgan fingerprint density at radius 1 is 1.15 bits per heavy atom. The third kappa shape index (κ3) is 4.21. The van der Waals surface area contributed by atoms with Gasteiger partial charge in [0.05, 0.1) is 12.3 Å². The van der Waals surface area contributed by atoms with Crippen LogP contribution in [-0.2, 0) is 10.0 Å². The number of hydrogen-bond donors (Lipinski definition) is 0. The summed E-state index contributed by atoms with van der Waals surface area (Å²) in [5.74, 6) is 0.377. The molecule has 2 aliphatic rings. The summed E-state index contributed by atoms with van der Waals surface area (Å²) in [5.41, 5.74) is 3.07. The lowest BCUT2D eigenvalue weighted by Gasteiger charge is -2.33. The molecule has 1 aromatic rings. The minimum atomic E-state index is -3.14. The van der Waals surface area contributed by atoms with Gasteiger partial charge in [-0.3, -0.25) is 9.69 Å². The number of aromatic nitrogens is 1. The van der Waals surface area contributed by atoms with Crippen molar-refractivity contribution >= 4 is 15.8 Å². The van der Waals surface area contributed by atoms with Crippen LogP contribution in [-0.4, -0.2) is 66.4 Å². The highest BCUT2D eigenvalue weighted by molar-refractivity contribution is 7.89. The van der Waals surface area contributed by atoms with E-state index in [0.29, 0.717) is 45.2 Å². The maximum atomic E-state index is 12.8. The van der Waals surface area contributed by atoms with Crippen LogP contribution in [0.25, 0.3) is 0 Å². The van der Waals surface area contributed by atoms with Crippen molar-refractivity contribution in [2.24, 2.45) is 0 Å². The van der Waals surface area contributed by atoms with Crippen LogP contribution in [0.15, 0.2) is 6.07 Å². The van der Waals surface area contributed by atoms with E-state index in [1.807, 2.05) is 19.9 Å². The summed E-state index contributed by atoms with van der Waals surface area (Å²) in [7, 11) is -3.14.